The summed E-state index contributed by atoms with van der Waals surface area (Å²) in [5.74, 6) is 0.831. The van der Waals surface area contributed by atoms with Crippen LogP contribution in [0.5, 0.6) is 0 Å². The van der Waals surface area contributed by atoms with Crippen LogP contribution in [0.25, 0.3) is 0 Å². The maximum Gasteiger partial charge on any atom is 0.410 e. The minimum absolute atomic E-state index is 0.209. The van der Waals surface area contributed by atoms with E-state index < -0.39 is 5.60 Å². The molecule has 0 atom stereocenters. The highest BCUT2D eigenvalue weighted by atomic mass is 16.6. The average Bonchev–Trinajstić information content (AvgIpc) is 2.43. The summed E-state index contributed by atoms with van der Waals surface area (Å²) < 4.78 is 5.47. The molecule has 1 fully saturated rings. The van der Waals surface area contributed by atoms with Crippen LogP contribution in [0, 0.1) is 0 Å². The van der Waals surface area contributed by atoms with Crippen molar-refractivity contribution in [3.63, 3.8) is 0 Å². The number of hydrogen-bond donors (Lipinski definition) is 0. The zero-order chi connectivity index (χ0) is 17.0. The largest absolute Gasteiger partial charge is 0.444 e. The van der Waals surface area contributed by atoms with Crippen molar-refractivity contribution < 1.29 is 9.53 Å². The molecular formula is C17H29N3O2. The lowest BCUT2D eigenvalue weighted by atomic mass is 9.88. The van der Waals surface area contributed by atoms with Crippen molar-refractivity contribution in [1.82, 2.24) is 9.80 Å². The van der Waals surface area contributed by atoms with Gasteiger partial charge in [-0.2, -0.15) is 0 Å². The quantitative estimate of drug-likeness (QED) is 0.592. The number of piperidine rings is 1. The van der Waals surface area contributed by atoms with E-state index >= 15 is 0 Å². The molecule has 5 nitrogen and oxygen atoms in total. The number of carbonyl (C=O) groups excluding carboxylic acids is 1. The lowest BCUT2D eigenvalue weighted by Crippen LogP contribution is -2.55. The van der Waals surface area contributed by atoms with Gasteiger partial charge in [-0.25, -0.2) is 9.79 Å². The van der Waals surface area contributed by atoms with Gasteiger partial charge in [-0.15, -0.1) is 0 Å². The van der Waals surface area contributed by atoms with Crippen molar-refractivity contribution in [1.29, 1.82) is 0 Å². The molecule has 1 aliphatic heterocycles. The second-order valence-corrected chi connectivity index (χ2v) is 6.90. The average molecular weight is 307 g/mol. The number of rotatable bonds is 3. The number of nitrogens with zero attached hydrogens (tertiary/aromatic N) is 3. The Morgan fingerprint density at radius 3 is 2.27 bits per heavy atom. The Morgan fingerprint density at radius 1 is 1.32 bits per heavy atom. The lowest BCUT2D eigenvalue weighted by molar-refractivity contribution is -0.00214. The normalized spacial score (nSPS) is 18.6. The standard InChI is InChI=1S/C17H29N3O2/c1-8-14(18-9-2)20-12-10-17(6,11-13-20)19(7)15(21)22-16(3,4)5/h8-9H,1-2,10-13H2,3-7H3. The van der Waals surface area contributed by atoms with Crippen LogP contribution >= 0.6 is 0 Å². The summed E-state index contributed by atoms with van der Waals surface area (Å²) in [6, 6.07) is 0. The molecule has 0 aromatic carbocycles. The summed E-state index contributed by atoms with van der Waals surface area (Å²) in [6.45, 7) is 16.8. The number of hydrogen-bond acceptors (Lipinski definition) is 3. The maximum atomic E-state index is 12.3. The monoisotopic (exact) mass is 307 g/mol. The van der Waals surface area contributed by atoms with E-state index in [-0.39, 0.29) is 11.6 Å². The summed E-state index contributed by atoms with van der Waals surface area (Å²) in [5, 5.41) is 0. The van der Waals surface area contributed by atoms with E-state index in [0.29, 0.717) is 0 Å². The highest BCUT2D eigenvalue weighted by Gasteiger charge is 2.38. The van der Waals surface area contributed by atoms with E-state index in [0.717, 1.165) is 31.8 Å². The first-order valence-corrected chi connectivity index (χ1v) is 7.66. The number of amidine groups is 1. The highest BCUT2D eigenvalue weighted by Crippen LogP contribution is 2.29. The predicted octanol–water partition coefficient (Wildman–Crippen LogP) is 3.44. The molecule has 1 saturated heterocycles. The predicted molar refractivity (Wildman–Crippen MR) is 91.0 cm³/mol. The van der Waals surface area contributed by atoms with Gasteiger partial charge in [0.15, 0.2) is 0 Å². The van der Waals surface area contributed by atoms with Crippen molar-refractivity contribution >= 4 is 11.9 Å². The third-order valence-corrected chi connectivity index (χ3v) is 4.05. The molecule has 0 aromatic heterocycles. The molecule has 0 N–H and O–H groups in total. The van der Waals surface area contributed by atoms with Gasteiger partial charge in [0.05, 0.1) is 0 Å². The van der Waals surface area contributed by atoms with E-state index in [1.165, 1.54) is 6.20 Å². The first-order valence-electron chi connectivity index (χ1n) is 7.66. The Hall–Kier alpha value is -1.78. The fraction of sp³-hybridized carbons (Fsp3) is 0.647. The second-order valence-electron chi connectivity index (χ2n) is 6.90. The van der Waals surface area contributed by atoms with Gasteiger partial charge in [0, 0.05) is 31.9 Å². The van der Waals surface area contributed by atoms with E-state index in [2.05, 4.69) is 30.0 Å². The van der Waals surface area contributed by atoms with Gasteiger partial charge >= 0.3 is 6.09 Å². The van der Waals surface area contributed by atoms with Crippen molar-refractivity contribution in [2.75, 3.05) is 20.1 Å². The van der Waals surface area contributed by atoms with Crippen LogP contribution in [-0.2, 0) is 4.74 Å². The van der Waals surface area contributed by atoms with Crippen LogP contribution in [0.1, 0.15) is 40.5 Å². The molecule has 0 bridgehead atoms. The molecule has 1 aliphatic rings. The number of likely N-dealkylation sites (tertiary alicyclic amines) is 1. The van der Waals surface area contributed by atoms with Crippen LogP contribution in [-0.4, -0.2) is 53.0 Å². The Balaban J connectivity index is 2.71. The van der Waals surface area contributed by atoms with E-state index in [9.17, 15) is 4.79 Å². The molecule has 5 heteroatoms. The molecule has 124 valence electrons. The number of carbonyl (C=O) groups is 1. The fourth-order valence-corrected chi connectivity index (χ4v) is 2.46. The van der Waals surface area contributed by atoms with Gasteiger partial charge in [0.2, 0.25) is 0 Å². The SMILES string of the molecule is C=CN=C(C=C)N1CCC(C)(N(C)C(=O)OC(C)(C)C)CC1. The summed E-state index contributed by atoms with van der Waals surface area (Å²) >= 11 is 0. The zero-order valence-electron chi connectivity index (χ0n) is 14.6. The van der Waals surface area contributed by atoms with Crippen LogP contribution in [0.4, 0.5) is 4.79 Å². The van der Waals surface area contributed by atoms with Crippen LogP contribution < -0.4 is 0 Å². The summed E-state index contributed by atoms with van der Waals surface area (Å²) in [7, 11) is 1.82. The summed E-state index contributed by atoms with van der Waals surface area (Å²) in [4.78, 5) is 20.4. The number of amides is 1. The van der Waals surface area contributed by atoms with E-state index in [1.54, 1.807) is 11.0 Å². The summed E-state index contributed by atoms with van der Waals surface area (Å²) in [5.41, 5.74) is -0.686. The molecule has 0 spiro atoms. The lowest BCUT2D eigenvalue weighted by Gasteiger charge is -2.45. The highest BCUT2D eigenvalue weighted by molar-refractivity contribution is 5.93. The summed E-state index contributed by atoms with van der Waals surface area (Å²) in [6.07, 6.45) is 4.70. The van der Waals surface area contributed by atoms with Gasteiger partial charge in [-0.05, 0) is 46.6 Å². The smallest absolute Gasteiger partial charge is 0.410 e. The molecule has 22 heavy (non-hydrogen) atoms. The molecule has 0 saturated carbocycles. The van der Waals surface area contributed by atoms with E-state index in [1.807, 2.05) is 27.8 Å². The Bertz CT molecular complexity index is 455. The van der Waals surface area contributed by atoms with Gasteiger partial charge < -0.3 is 14.5 Å². The minimum Gasteiger partial charge on any atom is -0.444 e. The second kappa shape index (κ2) is 6.99. The van der Waals surface area contributed by atoms with Crippen LogP contribution in [0.3, 0.4) is 0 Å². The molecule has 0 radical (unpaired) electrons. The Kier molecular flexibility index (Phi) is 5.80. The third-order valence-electron chi connectivity index (χ3n) is 4.05. The van der Waals surface area contributed by atoms with Crippen LogP contribution in [0.2, 0.25) is 0 Å². The van der Waals surface area contributed by atoms with Gasteiger partial charge in [-0.3, -0.25) is 0 Å². The molecule has 0 aromatic rings. The first-order chi connectivity index (χ1) is 10.1. The van der Waals surface area contributed by atoms with Gasteiger partial charge in [0.25, 0.3) is 0 Å². The Labute approximate surface area is 134 Å². The van der Waals surface area contributed by atoms with Gasteiger partial charge in [0.1, 0.15) is 11.4 Å². The van der Waals surface area contributed by atoms with Crippen LogP contribution in [0.15, 0.2) is 30.4 Å². The first kappa shape index (κ1) is 18.3. The molecular weight excluding hydrogens is 278 g/mol. The molecule has 1 amide bonds. The fourth-order valence-electron chi connectivity index (χ4n) is 2.46. The third kappa shape index (κ3) is 4.61. The van der Waals surface area contributed by atoms with Crippen molar-refractivity contribution in [3.05, 3.63) is 25.4 Å². The number of ether oxygens (including phenoxy) is 1. The van der Waals surface area contributed by atoms with Crippen molar-refractivity contribution in [2.45, 2.75) is 51.7 Å². The topological polar surface area (TPSA) is 45.1 Å². The number of aliphatic imine (C=N–C) groups is 1. The molecule has 0 unspecified atom stereocenters. The maximum absolute atomic E-state index is 12.3. The van der Waals surface area contributed by atoms with Crippen molar-refractivity contribution in [3.8, 4) is 0 Å². The zero-order valence-corrected chi connectivity index (χ0v) is 14.6. The van der Waals surface area contributed by atoms with Crippen molar-refractivity contribution in [2.24, 2.45) is 4.99 Å². The van der Waals surface area contributed by atoms with Gasteiger partial charge in [-0.1, -0.05) is 13.2 Å². The van der Waals surface area contributed by atoms with E-state index in [4.69, 9.17) is 4.74 Å². The molecule has 1 heterocycles. The molecule has 0 aliphatic carbocycles. The molecule has 1 rings (SSSR count). The minimum atomic E-state index is -0.477. The Morgan fingerprint density at radius 2 is 1.86 bits per heavy atom.